The molecule has 1 rings (SSSR count). The summed E-state index contributed by atoms with van der Waals surface area (Å²) >= 11 is 4.05. The molecule has 0 fully saturated rings. The summed E-state index contributed by atoms with van der Waals surface area (Å²) in [4.78, 5) is 36.2. The van der Waals surface area contributed by atoms with Crippen molar-refractivity contribution in [2.45, 2.75) is 26.1 Å². The van der Waals surface area contributed by atoms with Crippen LogP contribution in [0.25, 0.3) is 0 Å². The van der Waals surface area contributed by atoms with Gasteiger partial charge >= 0.3 is 17.1 Å². The van der Waals surface area contributed by atoms with Gasteiger partial charge in [-0.2, -0.15) is 12.6 Å². The predicted molar refractivity (Wildman–Crippen MR) is 78.1 cm³/mol. The molecule has 0 unspecified atom stereocenters. The Morgan fingerprint density at radius 2 is 1.32 bits per heavy atom. The topological polar surface area (TPSA) is 66.0 Å². The van der Waals surface area contributed by atoms with Crippen LogP contribution in [0.4, 0.5) is 0 Å². The second kappa shape index (κ2) is 6.98. The van der Waals surface area contributed by atoms with Crippen LogP contribution in [0.15, 0.2) is 39.7 Å². The molecule has 0 aliphatic carbocycles. The average Bonchev–Trinajstić information content (AvgIpc) is 2.40. The van der Waals surface area contributed by atoms with Crippen molar-refractivity contribution in [3.8, 4) is 0 Å². The number of rotatable bonds is 7. The lowest BCUT2D eigenvalue weighted by molar-refractivity contribution is 0.476. The summed E-state index contributed by atoms with van der Waals surface area (Å²) in [7, 11) is 0. The minimum Gasteiger partial charge on any atom is -0.247 e. The minimum atomic E-state index is -0.642. The van der Waals surface area contributed by atoms with Crippen molar-refractivity contribution < 1.29 is 0 Å². The van der Waals surface area contributed by atoms with Gasteiger partial charge < -0.3 is 0 Å². The number of hydrogen-bond donors (Lipinski definition) is 1. The molecule has 0 aliphatic rings. The van der Waals surface area contributed by atoms with Gasteiger partial charge in [-0.25, -0.2) is 28.1 Å². The Morgan fingerprint density at radius 1 is 0.895 bits per heavy atom. The molecule has 104 valence electrons. The molecule has 1 aromatic heterocycles. The summed E-state index contributed by atoms with van der Waals surface area (Å²) in [5, 5.41) is 0. The molecular formula is C12H17N3O3S. The lowest BCUT2D eigenvalue weighted by Crippen LogP contribution is -2.54. The first-order chi connectivity index (χ1) is 9.08. The maximum atomic E-state index is 12.1. The van der Waals surface area contributed by atoms with Crippen LogP contribution in [0.5, 0.6) is 0 Å². The van der Waals surface area contributed by atoms with E-state index in [0.29, 0.717) is 12.2 Å². The zero-order chi connectivity index (χ0) is 14.4. The molecule has 7 heteroatoms. The fourth-order valence-corrected chi connectivity index (χ4v) is 1.81. The molecule has 1 aromatic rings. The number of thiol groups is 1. The molecular weight excluding hydrogens is 266 g/mol. The highest BCUT2D eigenvalue weighted by atomic mass is 32.1. The fraction of sp³-hybridized carbons (Fsp3) is 0.417. The third-order valence-electron chi connectivity index (χ3n) is 2.55. The monoisotopic (exact) mass is 283 g/mol. The molecule has 1 heterocycles. The zero-order valence-electron chi connectivity index (χ0n) is 10.6. The first-order valence-electron chi connectivity index (χ1n) is 5.85. The van der Waals surface area contributed by atoms with Crippen molar-refractivity contribution >= 4 is 12.6 Å². The van der Waals surface area contributed by atoms with E-state index in [0.717, 1.165) is 13.7 Å². The van der Waals surface area contributed by atoms with Gasteiger partial charge in [-0.15, -0.1) is 13.2 Å². The molecule has 0 spiro atoms. The van der Waals surface area contributed by atoms with Gasteiger partial charge in [0.15, 0.2) is 0 Å². The number of nitrogens with zero attached hydrogens (tertiary/aromatic N) is 3. The van der Waals surface area contributed by atoms with E-state index in [9.17, 15) is 14.4 Å². The zero-order valence-corrected chi connectivity index (χ0v) is 11.5. The van der Waals surface area contributed by atoms with E-state index in [1.165, 1.54) is 12.2 Å². The van der Waals surface area contributed by atoms with Crippen LogP contribution < -0.4 is 17.1 Å². The van der Waals surface area contributed by atoms with E-state index < -0.39 is 17.1 Å². The smallest absolute Gasteiger partial charge is 0.247 e. The highest BCUT2D eigenvalue weighted by molar-refractivity contribution is 7.80. The number of aromatic nitrogens is 3. The lowest BCUT2D eigenvalue weighted by atomic mass is 10.4. The second-order valence-electron chi connectivity index (χ2n) is 3.88. The Balaban J connectivity index is 3.58. The Hall–Kier alpha value is -1.76. The van der Waals surface area contributed by atoms with Crippen LogP contribution in [0.3, 0.4) is 0 Å². The molecule has 6 nitrogen and oxygen atoms in total. The summed E-state index contributed by atoms with van der Waals surface area (Å²) in [5.41, 5.74) is -1.87. The van der Waals surface area contributed by atoms with Crippen molar-refractivity contribution in [2.24, 2.45) is 0 Å². The van der Waals surface area contributed by atoms with Gasteiger partial charge in [0.1, 0.15) is 0 Å². The van der Waals surface area contributed by atoms with E-state index in [1.54, 1.807) is 0 Å². The Kier molecular flexibility index (Phi) is 5.62. The summed E-state index contributed by atoms with van der Waals surface area (Å²) in [6, 6.07) is 0. The molecule has 19 heavy (non-hydrogen) atoms. The first-order valence-corrected chi connectivity index (χ1v) is 6.48. The summed E-state index contributed by atoms with van der Waals surface area (Å²) < 4.78 is 3.01. The highest BCUT2D eigenvalue weighted by Crippen LogP contribution is 1.86. The number of allylic oxidation sites excluding steroid dienone is 2. The van der Waals surface area contributed by atoms with Gasteiger partial charge in [0.25, 0.3) is 0 Å². The molecule has 0 radical (unpaired) electrons. The maximum Gasteiger partial charge on any atom is 0.336 e. The van der Waals surface area contributed by atoms with Gasteiger partial charge in [0.05, 0.1) is 13.1 Å². The fourth-order valence-electron chi connectivity index (χ4n) is 1.67. The molecule has 0 bridgehead atoms. The normalized spacial score (nSPS) is 10.4. The van der Waals surface area contributed by atoms with E-state index in [-0.39, 0.29) is 19.6 Å². The van der Waals surface area contributed by atoms with Gasteiger partial charge in [-0.1, -0.05) is 12.2 Å². The van der Waals surface area contributed by atoms with E-state index in [1.807, 2.05) is 0 Å². The van der Waals surface area contributed by atoms with Crippen molar-refractivity contribution in [3.05, 3.63) is 56.8 Å². The van der Waals surface area contributed by atoms with Crippen molar-refractivity contribution in [1.29, 1.82) is 0 Å². The van der Waals surface area contributed by atoms with Crippen LogP contribution in [0, 0.1) is 0 Å². The summed E-state index contributed by atoms with van der Waals surface area (Å²) in [5.74, 6) is 0.550. The lowest BCUT2D eigenvalue weighted by Gasteiger charge is -2.11. The van der Waals surface area contributed by atoms with Crippen LogP contribution in [-0.2, 0) is 19.6 Å². The molecule has 0 aliphatic heterocycles. The maximum absolute atomic E-state index is 12.1. The Bertz CT molecular complexity index is 591. The molecule has 0 saturated carbocycles. The Morgan fingerprint density at radius 3 is 1.68 bits per heavy atom. The summed E-state index contributed by atoms with van der Waals surface area (Å²) in [6.45, 7) is 7.36. The predicted octanol–water partition coefficient (Wildman–Crippen LogP) is -0.136. The van der Waals surface area contributed by atoms with Gasteiger partial charge in [-0.05, 0) is 12.2 Å². The van der Waals surface area contributed by atoms with Crippen molar-refractivity contribution in [1.82, 2.24) is 13.7 Å². The Labute approximate surface area is 115 Å². The van der Waals surface area contributed by atoms with Crippen LogP contribution >= 0.6 is 12.6 Å². The van der Waals surface area contributed by atoms with Gasteiger partial charge in [0, 0.05) is 6.54 Å². The highest BCUT2D eigenvalue weighted by Gasteiger charge is 2.13. The molecule has 0 amide bonds. The van der Waals surface area contributed by atoms with E-state index >= 15 is 0 Å². The van der Waals surface area contributed by atoms with Crippen molar-refractivity contribution in [3.63, 3.8) is 0 Å². The minimum absolute atomic E-state index is 0.0654. The SMILES string of the molecule is C=CCn1c(=O)n(CC=C)c(=O)n(CCCS)c1=O. The van der Waals surface area contributed by atoms with Crippen LogP contribution in [0.2, 0.25) is 0 Å². The molecule has 0 N–H and O–H groups in total. The number of hydrogen-bond acceptors (Lipinski definition) is 4. The summed E-state index contributed by atoms with van der Waals surface area (Å²) in [6.07, 6.45) is 3.45. The van der Waals surface area contributed by atoms with Crippen LogP contribution in [-0.4, -0.2) is 19.5 Å². The third kappa shape index (κ3) is 3.17. The standard InChI is InChI=1S/C12H17N3O3S/c1-3-6-13-10(16)14(7-4-2)12(18)15(11(13)17)8-5-9-19/h3-4,19H,1-2,5-9H2. The largest absolute Gasteiger partial charge is 0.336 e. The van der Waals surface area contributed by atoms with E-state index in [4.69, 9.17) is 0 Å². The van der Waals surface area contributed by atoms with E-state index in [2.05, 4.69) is 25.8 Å². The second-order valence-corrected chi connectivity index (χ2v) is 4.32. The molecule has 0 saturated heterocycles. The van der Waals surface area contributed by atoms with Crippen molar-refractivity contribution in [2.75, 3.05) is 5.75 Å². The third-order valence-corrected chi connectivity index (χ3v) is 2.86. The van der Waals surface area contributed by atoms with Gasteiger partial charge in [-0.3, -0.25) is 0 Å². The first kappa shape index (κ1) is 15.3. The molecule has 0 atom stereocenters. The quantitative estimate of drug-likeness (QED) is 0.560. The van der Waals surface area contributed by atoms with Gasteiger partial charge in [0.2, 0.25) is 0 Å². The molecule has 0 aromatic carbocycles. The average molecular weight is 283 g/mol. The van der Waals surface area contributed by atoms with Crippen LogP contribution in [0.1, 0.15) is 6.42 Å².